The van der Waals surface area contributed by atoms with Gasteiger partial charge in [-0.25, -0.2) is 17.6 Å². The molecule has 1 aromatic carbocycles. The second-order valence-corrected chi connectivity index (χ2v) is 4.90. The largest absolute Gasteiger partial charge is 0.380 e. The van der Waals surface area contributed by atoms with Crippen LogP contribution >= 0.6 is 0 Å². The minimum atomic E-state index is -2.63. The van der Waals surface area contributed by atoms with Crippen molar-refractivity contribution in [3.63, 3.8) is 0 Å². The maximum atomic E-state index is 13.6. The first-order chi connectivity index (χ1) is 8.39. The van der Waals surface area contributed by atoms with Crippen LogP contribution < -0.4 is 5.32 Å². The van der Waals surface area contributed by atoms with Crippen LogP contribution in [0.1, 0.15) is 24.8 Å². The molecule has 0 saturated heterocycles. The summed E-state index contributed by atoms with van der Waals surface area (Å²) >= 11 is 0. The molecule has 1 atom stereocenters. The second-order valence-electron chi connectivity index (χ2n) is 4.90. The van der Waals surface area contributed by atoms with E-state index >= 15 is 0 Å². The molecule has 0 heterocycles. The molecule has 1 N–H and O–H groups in total. The van der Waals surface area contributed by atoms with Crippen LogP contribution in [0, 0.1) is 24.5 Å². The minimum Gasteiger partial charge on any atom is -0.380 e. The van der Waals surface area contributed by atoms with E-state index in [-0.39, 0.29) is 31.0 Å². The molecular formula is C13H15F4N. The number of halogens is 4. The normalized spacial score (nSPS) is 22.2. The van der Waals surface area contributed by atoms with Crippen LogP contribution in [0.2, 0.25) is 0 Å². The van der Waals surface area contributed by atoms with Gasteiger partial charge in [0, 0.05) is 19.4 Å². The molecule has 1 aliphatic carbocycles. The molecule has 1 saturated carbocycles. The molecule has 18 heavy (non-hydrogen) atoms. The van der Waals surface area contributed by atoms with Gasteiger partial charge in [0.25, 0.3) is 0 Å². The first-order valence-corrected chi connectivity index (χ1v) is 5.95. The fourth-order valence-electron chi connectivity index (χ4n) is 2.28. The van der Waals surface area contributed by atoms with E-state index in [2.05, 4.69) is 5.32 Å². The molecule has 1 unspecified atom stereocenters. The van der Waals surface area contributed by atoms with Gasteiger partial charge in [0.15, 0.2) is 5.82 Å². The lowest BCUT2D eigenvalue weighted by molar-refractivity contribution is 0.00556. The zero-order chi connectivity index (χ0) is 13.3. The predicted molar refractivity (Wildman–Crippen MR) is 61.9 cm³/mol. The highest BCUT2D eigenvalue weighted by molar-refractivity contribution is 5.48. The van der Waals surface area contributed by atoms with Crippen LogP contribution in [-0.2, 0) is 0 Å². The van der Waals surface area contributed by atoms with Gasteiger partial charge in [-0.05, 0) is 30.9 Å². The quantitative estimate of drug-likeness (QED) is 0.807. The number of alkyl halides is 2. The van der Waals surface area contributed by atoms with Crippen molar-refractivity contribution in [2.75, 3.05) is 11.9 Å². The summed E-state index contributed by atoms with van der Waals surface area (Å²) in [6.45, 7) is 1.70. The Labute approximate surface area is 103 Å². The zero-order valence-electron chi connectivity index (χ0n) is 10.1. The highest BCUT2D eigenvalue weighted by atomic mass is 19.3. The summed E-state index contributed by atoms with van der Waals surface area (Å²) in [4.78, 5) is 0. The molecule has 0 amide bonds. The van der Waals surface area contributed by atoms with E-state index in [1.54, 1.807) is 0 Å². The molecule has 1 fully saturated rings. The van der Waals surface area contributed by atoms with Crippen LogP contribution in [0.4, 0.5) is 23.2 Å². The van der Waals surface area contributed by atoms with E-state index in [9.17, 15) is 17.6 Å². The maximum Gasteiger partial charge on any atom is 0.248 e. The molecular weight excluding hydrogens is 246 g/mol. The third-order valence-corrected chi connectivity index (χ3v) is 3.36. The Hall–Kier alpha value is -1.26. The standard InChI is InChI=1S/C13H15F4N/c1-8-2-3-10(14)12(11(8)15)18-7-9-4-5-13(16,17)6-9/h2-3,9,18H,4-7H2,1H3. The summed E-state index contributed by atoms with van der Waals surface area (Å²) in [6.07, 6.45) is 0.0300. The Kier molecular flexibility index (Phi) is 3.50. The van der Waals surface area contributed by atoms with E-state index in [1.165, 1.54) is 19.1 Å². The van der Waals surface area contributed by atoms with E-state index in [0.717, 1.165) is 0 Å². The Morgan fingerprint density at radius 3 is 2.67 bits per heavy atom. The van der Waals surface area contributed by atoms with Gasteiger partial charge in [0.1, 0.15) is 11.5 Å². The van der Waals surface area contributed by atoms with Crippen molar-refractivity contribution in [2.24, 2.45) is 5.92 Å². The second kappa shape index (κ2) is 4.78. The summed E-state index contributed by atoms with van der Waals surface area (Å²) in [5, 5.41) is 2.62. The van der Waals surface area contributed by atoms with Crippen molar-refractivity contribution < 1.29 is 17.6 Å². The van der Waals surface area contributed by atoms with Gasteiger partial charge in [-0.3, -0.25) is 0 Å². The van der Waals surface area contributed by atoms with Crippen molar-refractivity contribution in [1.29, 1.82) is 0 Å². The average molecular weight is 261 g/mol. The summed E-state index contributed by atoms with van der Waals surface area (Å²) < 4.78 is 53.0. The van der Waals surface area contributed by atoms with Crippen molar-refractivity contribution in [1.82, 2.24) is 0 Å². The summed E-state index contributed by atoms with van der Waals surface area (Å²) in [5.41, 5.74) is 0.112. The number of benzene rings is 1. The molecule has 0 spiro atoms. The molecule has 2 rings (SSSR count). The first kappa shape index (κ1) is 13.2. The molecule has 0 aromatic heterocycles. The SMILES string of the molecule is Cc1ccc(F)c(NCC2CCC(F)(F)C2)c1F. The first-order valence-electron chi connectivity index (χ1n) is 5.95. The van der Waals surface area contributed by atoms with Crippen molar-refractivity contribution in [3.8, 4) is 0 Å². The van der Waals surface area contributed by atoms with Gasteiger partial charge < -0.3 is 5.32 Å². The summed E-state index contributed by atoms with van der Waals surface area (Å²) in [7, 11) is 0. The van der Waals surface area contributed by atoms with Gasteiger partial charge in [-0.15, -0.1) is 0 Å². The smallest absolute Gasteiger partial charge is 0.248 e. The van der Waals surface area contributed by atoms with Gasteiger partial charge in [0.05, 0.1) is 0 Å². The topological polar surface area (TPSA) is 12.0 Å². The Morgan fingerprint density at radius 2 is 2.06 bits per heavy atom. The van der Waals surface area contributed by atoms with Crippen molar-refractivity contribution in [2.45, 2.75) is 32.1 Å². The minimum absolute atomic E-state index is 0.141. The monoisotopic (exact) mass is 261 g/mol. The predicted octanol–water partition coefficient (Wildman–Crippen LogP) is 4.12. The number of hydrogen-bond acceptors (Lipinski definition) is 1. The van der Waals surface area contributed by atoms with Gasteiger partial charge in [-0.2, -0.15) is 0 Å². The summed E-state index contributed by atoms with van der Waals surface area (Å²) in [5.74, 6) is -4.21. The number of aryl methyl sites for hydroxylation is 1. The van der Waals surface area contributed by atoms with Crippen LogP contribution in [-0.4, -0.2) is 12.5 Å². The fraction of sp³-hybridized carbons (Fsp3) is 0.538. The van der Waals surface area contributed by atoms with Gasteiger partial charge in [0.2, 0.25) is 5.92 Å². The number of hydrogen-bond donors (Lipinski definition) is 1. The van der Waals surface area contributed by atoms with Crippen molar-refractivity contribution in [3.05, 3.63) is 29.3 Å². The molecule has 100 valence electrons. The third kappa shape index (κ3) is 2.76. The maximum absolute atomic E-state index is 13.6. The Morgan fingerprint density at radius 1 is 1.33 bits per heavy atom. The lowest BCUT2D eigenvalue weighted by Crippen LogP contribution is -2.16. The Bertz CT molecular complexity index is 445. The van der Waals surface area contributed by atoms with Gasteiger partial charge >= 0.3 is 0 Å². The summed E-state index contributed by atoms with van der Waals surface area (Å²) in [6, 6.07) is 2.52. The zero-order valence-corrected chi connectivity index (χ0v) is 10.1. The van der Waals surface area contributed by atoms with Crippen LogP contribution in [0.25, 0.3) is 0 Å². The molecule has 0 radical (unpaired) electrons. The van der Waals surface area contributed by atoms with E-state index in [4.69, 9.17) is 0 Å². The van der Waals surface area contributed by atoms with Gasteiger partial charge in [-0.1, -0.05) is 6.07 Å². The molecule has 0 bridgehead atoms. The lowest BCUT2D eigenvalue weighted by Gasteiger charge is -2.14. The molecule has 1 aliphatic rings. The van der Waals surface area contributed by atoms with E-state index < -0.39 is 17.6 Å². The van der Waals surface area contributed by atoms with Crippen LogP contribution in [0.15, 0.2) is 12.1 Å². The van der Waals surface area contributed by atoms with E-state index in [1.807, 2.05) is 0 Å². The highest BCUT2D eigenvalue weighted by Crippen LogP contribution is 2.39. The van der Waals surface area contributed by atoms with E-state index in [0.29, 0.717) is 12.0 Å². The van der Waals surface area contributed by atoms with Crippen LogP contribution in [0.5, 0.6) is 0 Å². The number of nitrogens with one attached hydrogen (secondary N) is 1. The average Bonchev–Trinajstić information content (AvgIpc) is 2.64. The molecule has 0 aliphatic heterocycles. The lowest BCUT2D eigenvalue weighted by atomic mass is 10.1. The number of rotatable bonds is 3. The number of anilines is 1. The molecule has 1 nitrogen and oxygen atoms in total. The molecule has 1 aromatic rings. The van der Waals surface area contributed by atoms with Crippen molar-refractivity contribution >= 4 is 5.69 Å². The highest BCUT2D eigenvalue weighted by Gasteiger charge is 2.39. The molecule has 5 heteroatoms. The fourth-order valence-corrected chi connectivity index (χ4v) is 2.28. The van der Waals surface area contributed by atoms with Crippen LogP contribution in [0.3, 0.4) is 0 Å². The Balaban J connectivity index is 2.01. The third-order valence-electron chi connectivity index (χ3n) is 3.36.